The van der Waals surface area contributed by atoms with Crippen molar-refractivity contribution in [1.29, 1.82) is 0 Å². The summed E-state index contributed by atoms with van der Waals surface area (Å²) in [6, 6.07) is 7.06. The number of pyridine rings is 1. The van der Waals surface area contributed by atoms with E-state index in [0.29, 0.717) is 4.47 Å². The number of rotatable bonds is 1. The maximum atomic E-state index is 13.4. The Hall–Kier alpha value is -1.22. The fourth-order valence-electron chi connectivity index (χ4n) is 1.48. The molecule has 76 valence electrons. The van der Waals surface area contributed by atoms with Gasteiger partial charge in [-0.25, -0.2) is 4.39 Å². The lowest BCUT2D eigenvalue weighted by molar-refractivity contribution is 0.621. The van der Waals surface area contributed by atoms with Gasteiger partial charge in [0.2, 0.25) is 0 Å². The summed E-state index contributed by atoms with van der Waals surface area (Å²) < 4.78 is 13.9. The fraction of sp³-hybridized carbons (Fsp3) is 0.0833. The van der Waals surface area contributed by atoms with Crippen LogP contribution in [-0.2, 0) is 0 Å². The first kappa shape index (κ1) is 10.3. The van der Waals surface area contributed by atoms with Crippen molar-refractivity contribution in [3.8, 4) is 11.1 Å². The minimum atomic E-state index is -0.251. The molecule has 3 heteroatoms. The molecule has 0 spiro atoms. The Morgan fingerprint density at radius 1 is 1.33 bits per heavy atom. The highest BCUT2D eigenvalue weighted by atomic mass is 79.9. The van der Waals surface area contributed by atoms with Crippen LogP contribution in [0.3, 0.4) is 0 Å². The molecule has 0 saturated carbocycles. The standard InChI is InChI=1S/C12H9BrFN/c1-8-5-11(13)12(14)6-10(8)9-3-2-4-15-7-9/h2-7H,1H3. The highest BCUT2D eigenvalue weighted by molar-refractivity contribution is 9.10. The molecule has 0 N–H and O–H groups in total. The molecule has 0 aliphatic heterocycles. The summed E-state index contributed by atoms with van der Waals surface area (Å²) in [5.41, 5.74) is 2.83. The summed E-state index contributed by atoms with van der Waals surface area (Å²) in [6.07, 6.45) is 3.43. The van der Waals surface area contributed by atoms with Crippen molar-refractivity contribution < 1.29 is 4.39 Å². The molecule has 1 aromatic heterocycles. The number of hydrogen-bond donors (Lipinski definition) is 0. The third-order valence-corrected chi connectivity index (χ3v) is 2.85. The summed E-state index contributed by atoms with van der Waals surface area (Å²) in [7, 11) is 0. The van der Waals surface area contributed by atoms with Gasteiger partial charge < -0.3 is 0 Å². The first-order valence-electron chi connectivity index (χ1n) is 4.54. The lowest BCUT2D eigenvalue weighted by Crippen LogP contribution is -1.87. The fourth-order valence-corrected chi connectivity index (χ4v) is 1.94. The average molecular weight is 266 g/mol. The second-order valence-corrected chi connectivity index (χ2v) is 4.18. The molecule has 0 fully saturated rings. The number of halogens is 2. The predicted octanol–water partition coefficient (Wildman–Crippen LogP) is 3.96. The molecule has 1 heterocycles. The number of aryl methyl sites for hydroxylation is 1. The van der Waals surface area contributed by atoms with E-state index in [4.69, 9.17) is 0 Å². The summed E-state index contributed by atoms with van der Waals surface area (Å²) in [5, 5.41) is 0. The van der Waals surface area contributed by atoms with Crippen LogP contribution in [0.25, 0.3) is 11.1 Å². The minimum absolute atomic E-state index is 0.251. The van der Waals surface area contributed by atoms with Gasteiger partial charge in [-0.1, -0.05) is 6.07 Å². The maximum Gasteiger partial charge on any atom is 0.138 e. The second kappa shape index (κ2) is 4.11. The van der Waals surface area contributed by atoms with Gasteiger partial charge in [0.25, 0.3) is 0 Å². The van der Waals surface area contributed by atoms with Crippen LogP contribution in [0.1, 0.15) is 5.56 Å². The zero-order valence-corrected chi connectivity index (χ0v) is 9.75. The molecule has 1 aromatic carbocycles. The van der Waals surface area contributed by atoms with Crippen LogP contribution in [0, 0.1) is 12.7 Å². The van der Waals surface area contributed by atoms with Crippen LogP contribution >= 0.6 is 15.9 Å². The molecule has 0 unspecified atom stereocenters. The number of hydrogen-bond acceptors (Lipinski definition) is 1. The van der Waals surface area contributed by atoms with Crippen LogP contribution in [0.5, 0.6) is 0 Å². The van der Waals surface area contributed by atoms with E-state index in [1.807, 2.05) is 19.1 Å². The topological polar surface area (TPSA) is 12.9 Å². The van der Waals surface area contributed by atoms with E-state index in [0.717, 1.165) is 16.7 Å². The monoisotopic (exact) mass is 265 g/mol. The third-order valence-electron chi connectivity index (χ3n) is 2.24. The summed E-state index contributed by atoms with van der Waals surface area (Å²) in [5.74, 6) is -0.251. The Morgan fingerprint density at radius 2 is 2.13 bits per heavy atom. The van der Waals surface area contributed by atoms with Gasteiger partial charge in [0.05, 0.1) is 4.47 Å². The zero-order chi connectivity index (χ0) is 10.8. The van der Waals surface area contributed by atoms with Crippen molar-refractivity contribution in [2.24, 2.45) is 0 Å². The van der Waals surface area contributed by atoms with Crippen LogP contribution in [0.4, 0.5) is 4.39 Å². The summed E-state index contributed by atoms with van der Waals surface area (Å²) in [6.45, 7) is 1.95. The van der Waals surface area contributed by atoms with E-state index in [1.54, 1.807) is 18.5 Å². The first-order valence-corrected chi connectivity index (χ1v) is 5.34. The van der Waals surface area contributed by atoms with Crippen molar-refractivity contribution in [3.63, 3.8) is 0 Å². The lowest BCUT2D eigenvalue weighted by Gasteiger charge is -2.06. The van der Waals surface area contributed by atoms with Crippen LogP contribution in [-0.4, -0.2) is 4.98 Å². The molecule has 0 radical (unpaired) electrons. The molecular formula is C12H9BrFN. The maximum absolute atomic E-state index is 13.4. The lowest BCUT2D eigenvalue weighted by atomic mass is 10.0. The van der Waals surface area contributed by atoms with E-state index in [9.17, 15) is 4.39 Å². The average Bonchev–Trinajstić information content (AvgIpc) is 2.25. The van der Waals surface area contributed by atoms with E-state index < -0.39 is 0 Å². The Balaban J connectivity index is 2.59. The second-order valence-electron chi connectivity index (χ2n) is 3.32. The highest BCUT2D eigenvalue weighted by Gasteiger charge is 2.06. The molecule has 0 bridgehead atoms. The molecule has 0 amide bonds. The predicted molar refractivity (Wildman–Crippen MR) is 62.1 cm³/mol. The van der Waals surface area contributed by atoms with Gasteiger partial charge in [-0.15, -0.1) is 0 Å². The molecule has 1 nitrogen and oxygen atoms in total. The smallest absolute Gasteiger partial charge is 0.138 e. The molecule has 0 saturated heterocycles. The van der Waals surface area contributed by atoms with Gasteiger partial charge in [0.1, 0.15) is 5.82 Å². The number of aromatic nitrogens is 1. The van der Waals surface area contributed by atoms with Crippen molar-refractivity contribution in [3.05, 3.63) is 52.5 Å². The molecule has 0 atom stereocenters. The van der Waals surface area contributed by atoms with Crippen molar-refractivity contribution in [2.75, 3.05) is 0 Å². The van der Waals surface area contributed by atoms with Gasteiger partial charge in [0.15, 0.2) is 0 Å². The normalized spacial score (nSPS) is 10.3. The Labute approximate surface area is 96.1 Å². The van der Waals surface area contributed by atoms with Gasteiger partial charge in [-0.05, 0) is 52.2 Å². The summed E-state index contributed by atoms with van der Waals surface area (Å²) >= 11 is 3.16. The molecule has 2 rings (SSSR count). The number of benzene rings is 1. The minimum Gasteiger partial charge on any atom is -0.264 e. The molecular weight excluding hydrogens is 257 g/mol. The SMILES string of the molecule is Cc1cc(Br)c(F)cc1-c1cccnc1. The Kier molecular flexibility index (Phi) is 2.82. The Bertz CT molecular complexity index is 482. The van der Waals surface area contributed by atoms with Gasteiger partial charge in [-0.2, -0.15) is 0 Å². The van der Waals surface area contributed by atoms with E-state index in [2.05, 4.69) is 20.9 Å². The molecule has 2 aromatic rings. The quantitative estimate of drug-likeness (QED) is 0.761. The number of nitrogens with zero attached hydrogens (tertiary/aromatic N) is 1. The third kappa shape index (κ3) is 2.07. The largest absolute Gasteiger partial charge is 0.264 e. The molecule has 0 aliphatic carbocycles. The van der Waals surface area contributed by atoms with Crippen molar-refractivity contribution in [2.45, 2.75) is 6.92 Å². The van der Waals surface area contributed by atoms with E-state index >= 15 is 0 Å². The zero-order valence-electron chi connectivity index (χ0n) is 8.17. The first-order chi connectivity index (χ1) is 7.18. The van der Waals surface area contributed by atoms with Crippen LogP contribution in [0.15, 0.2) is 41.1 Å². The van der Waals surface area contributed by atoms with Crippen LogP contribution < -0.4 is 0 Å². The van der Waals surface area contributed by atoms with E-state index in [-0.39, 0.29) is 5.82 Å². The summed E-state index contributed by atoms with van der Waals surface area (Å²) in [4.78, 5) is 4.02. The molecule has 15 heavy (non-hydrogen) atoms. The van der Waals surface area contributed by atoms with Crippen LogP contribution in [0.2, 0.25) is 0 Å². The van der Waals surface area contributed by atoms with Crippen molar-refractivity contribution in [1.82, 2.24) is 4.98 Å². The van der Waals surface area contributed by atoms with E-state index in [1.165, 1.54) is 6.07 Å². The Morgan fingerprint density at radius 3 is 2.80 bits per heavy atom. The molecule has 0 aliphatic rings. The highest BCUT2D eigenvalue weighted by Crippen LogP contribution is 2.27. The van der Waals surface area contributed by atoms with Gasteiger partial charge >= 0.3 is 0 Å². The van der Waals surface area contributed by atoms with Crippen molar-refractivity contribution >= 4 is 15.9 Å². The van der Waals surface area contributed by atoms with Gasteiger partial charge in [0, 0.05) is 18.0 Å². The van der Waals surface area contributed by atoms with Gasteiger partial charge in [-0.3, -0.25) is 4.98 Å².